The van der Waals surface area contributed by atoms with Crippen molar-refractivity contribution in [2.45, 2.75) is 38.0 Å². The van der Waals surface area contributed by atoms with Gasteiger partial charge in [0, 0.05) is 32.4 Å². The van der Waals surface area contributed by atoms with Crippen molar-refractivity contribution in [1.82, 2.24) is 15.1 Å². The molecule has 2 heterocycles. The van der Waals surface area contributed by atoms with Crippen LogP contribution in [0.2, 0.25) is 0 Å². The van der Waals surface area contributed by atoms with Gasteiger partial charge in [-0.1, -0.05) is 0 Å². The van der Waals surface area contributed by atoms with Crippen LogP contribution >= 0.6 is 0 Å². The molecular formula is C12H19N3O. The van der Waals surface area contributed by atoms with E-state index in [-0.39, 0.29) is 0 Å². The van der Waals surface area contributed by atoms with Crippen molar-refractivity contribution in [2.24, 2.45) is 13.0 Å². The predicted octanol–water partition coefficient (Wildman–Crippen LogP) is 1.08. The zero-order valence-electron chi connectivity index (χ0n) is 9.72. The molecule has 0 spiro atoms. The van der Waals surface area contributed by atoms with E-state index in [4.69, 9.17) is 4.74 Å². The van der Waals surface area contributed by atoms with Crippen LogP contribution in [0.5, 0.6) is 0 Å². The molecule has 0 aromatic carbocycles. The Labute approximate surface area is 96.0 Å². The van der Waals surface area contributed by atoms with Crippen molar-refractivity contribution >= 4 is 0 Å². The lowest BCUT2D eigenvalue weighted by Gasteiger charge is -2.19. The first kappa shape index (κ1) is 10.3. The minimum absolute atomic E-state index is 0.466. The lowest BCUT2D eigenvalue weighted by atomic mass is 10.1. The summed E-state index contributed by atoms with van der Waals surface area (Å²) in [5.74, 6) is 0.825. The van der Waals surface area contributed by atoms with Crippen LogP contribution in [0.1, 0.15) is 25.0 Å². The Kier molecular flexibility index (Phi) is 2.69. The summed E-state index contributed by atoms with van der Waals surface area (Å²) in [4.78, 5) is 0. The molecule has 1 aliphatic carbocycles. The Morgan fingerprint density at radius 3 is 3.06 bits per heavy atom. The highest BCUT2D eigenvalue weighted by molar-refractivity contribution is 5.01. The first-order valence-corrected chi connectivity index (χ1v) is 6.16. The fourth-order valence-electron chi connectivity index (χ4n) is 2.53. The molecule has 1 saturated heterocycles. The van der Waals surface area contributed by atoms with Gasteiger partial charge in [-0.05, 0) is 31.2 Å². The maximum absolute atomic E-state index is 5.80. The van der Waals surface area contributed by atoms with Crippen molar-refractivity contribution in [2.75, 3.05) is 6.61 Å². The number of rotatable bonds is 4. The van der Waals surface area contributed by atoms with Crippen LogP contribution in [0.3, 0.4) is 0 Å². The summed E-state index contributed by atoms with van der Waals surface area (Å²) in [6, 6.07) is 2.61. The highest BCUT2D eigenvalue weighted by Crippen LogP contribution is 2.38. The topological polar surface area (TPSA) is 39.1 Å². The van der Waals surface area contributed by atoms with Crippen molar-refractivity contribution in [3.8, 4) is 0 Å². The number of aryl methyl sites for hydroxylation is 1. The molecule has 0 amide bonds. The number of aromatic nitrogens is 2. The molecule has 2 fully saturated rings. The predicted molar refractivity (Wildman–Crippen MR) is 60.9 cm³/mol. The third-order valence-electron chi connectivity index (χ3n) is 3.69. The van der Waals surface area contributed by atoms with Crippen LogP contribution in [-0.2, 0) is 18.3 Å². The fraction of sp³-hybridized carbons (Fsp3) is 0.750. The Balaban J connectivity index is 1.56. The van der Waals surface area contributed by atoms with E-state index in [0.29, 0.717) is 12.1 Å². The molecule has 1 N–H and O–H groups in total. The summed E-state index contributed by atoms with van der Waals surface area (Å²) < 4.78 is 7.73. The Hall–Kier alpha value is -0.870. The molecule has 2 aliphatic rings. The summed E-state index contributed by atoms with van der Waals surface area (Å²) in [6.07, 6.45) is 6.18. The summed E-state index contributed by atoms with van der Waals surface area (Å²) >= 11 is 0. The van der Waals surface area contributed by atoms with Gasteiger partial charge in [-0.15, -0.1) is 0 Å². The molecule has 1 aliphatic heterocycles. The number of ether oxygens (including phenoxy) is 1. The first-order chi connectivity index (χ1) is 7.84. The van der Waals surface area contributed by atoms with Gasteiger partial charge in [0.1, 0.15) is 0 Å². The van der Waals surface area contributed by atoms with Gasteiger partial charge in [0.2, 0.25) is 0 Å². The van der Waals surface area contributed by atoms with Crippen LogP contribution in [0.25, 0.3) is 0 Å². The van der Waals surface area contributed by atoms with Crippen molar-refractivity contribution < 1.29 is 4.74 Å². The molecule has 1 aromatic rings. The van der Waals surface area contributed by atoms with E-state index in [0.717, 1.165) is 25.5 Å². The van der Waals surface area contributed by atoms with Gasteiger partial charge >= 0.3 is 0 Å². The van der Waals surface area contributed by atoms with E-state index in [2.05, 4.69) is 16.5 Å². The summed E-state index contributed by atoms with van der Waals surface area (Å²) in [7, 11) is 1.99. The quantitative estimate of drug-likeness (QED) is 0.827. The van der Waals surface area contributed by atoms with Gasteiger partial charge < -0.3 is 10.1 Å². The van der Waals surface area contributed by atoms with E-state index in [1.165, 1.54) is 18.5 Å². The monoisotopic (exact) mass is 221 g/mol. The molecular weight excluding hydrogens is 202 g/mol. The van der Waals surface area contributed by atoms with Gasteiger partial charge in [0.25, 0.3) is 0 Å². The first-order valence-electron chi connectivity index (χ1n) is 6.16. The lowest BCUT2D eigenvalue weighted by molar-refractivity contribution is 0.0807. The molecule has 4 nitrogen and oxygen atoms in total. The molecule has 3 rings (SSSR count). The van der Waals surface area contributed by atoms with Crippen molar-refractivity contribution in [1.29, 1.82) is 0 Å². The number of nitrogens with one attached hydrogen (secondary N) is 1. The van der Waals surface area contributed by atoms with Crippen molar-refractivity contribution in [3.63, 3.8) is 0 Å². The minimum Gasteiger partial charge on any atom is -0.376 e. The van der Waals surface area contributed by atoms with Crippen LogP contribution < -0.4 is 5.32 Å². The molecule has 2 atom stereocenters. The molecule has 2 unspecified atom stereocenters. The molecule has 0 radical (unpaired) electrons. The van der Waals surface area contributed by atoms with Crippen molar-refractivity contribution in [3.05, 3.63) is 18.0 Å². The van der Waals surface area contributed by atoms with Gasteiger partial charge in [0.05, 0.1) is 11.8 Å². The largest absolute Gasteiger partial charge is 0.376 e. The average molecular weight is 221 g/mol. The molecule has 1 aromatic heterocycles. The van der Waals surface area contributed by atoms with E-state index in [1.54, 1.807) is 0 Å². The normalized spacial score (nSPS) is 29.8. The van der Waals surface area contributed by atoms with E-state index in [1.807, 2.05) is 17.9 Å². The SMILES string of the molecule is Cn1nccc1CNC1CCOC1C1CC1. The zero-order chi connectivity index (χ0) is 11.0. The summed E-state index contributed by atoms with van der Waals surface area (Å²) in [5, 5.41) is 7.78. The average Bonchev–Trinajstić information content (AvgIpc) is 2.88. The van der Waals surface area contributed by atoms with Gasteiger partial charge in [-0.3, -0.25) is 4.68 Å². The molecule has 16 heavy (non-hydrogen) atoms. The zero-order valence-corrected chi connectivity index (χ0v) is 9.72. The third kappa shape index (κ3) is 1.99. The molecule has 88 valence electrons. The van der Waals surface area contributed by atoms with Gasteiger partial charge in [-0.2, -0.15) is 5.10 Å². The fourth-order valence-corrected chi connectivity index (χ4v) is 2.53. The Morgan fingerprint density at radius 2 is 2.38 bits per heavy atom. The highest BCUT2D eigenvalue weighted by atomic mass is 16.5. The summed E-state index contributed by atoms with van der Waals surface area (Å²) in [6.45, 7) is 1.82. The van der Waals surface area contributed by atoms with Gasteiger partial charge in [-0.25, -0.2) is 0 Å². The van der Waals surface area contributed by atoms with E-state index in [9.17, 15) is 0 Å². The van der Waals surface area contributed by atoms with Crippen LogP contribution in [-0.4, -0.2) is 28.5 Å². The second-order valence-corrected chi connectivity index (χ2v) is 4.90. The van der Waals surface area contributed by atoms with Crippen LogP contribution in [0.4, 0.5) is 0 Å². The molecule has 1 saturated carbocycles. The number of hydrogen-bond donors (Lipinski definition) is 1. The lowest BCUT2D eigenvalue weighted by Crippen LogP contribution is -2.37. The standard InChI is InChI=1S/C12H19N3O/c1-15-10(4-6-14-15)8-13-11-5-7-16-12(11)9-2-3-9/h4,6,9,11-13H,2-3,5,7-8H2,1H3. The maximum atomic E-state index is 5.80. The highest BCUT2D eigenvalue weighted by Gasteiger charge is 2.40. The minimum atomic E-state index is 0.466. The maximum Gasteiger partial charge on any atom is 0.0757 e. The molecule has 4 heteroatoms. The Bertz CT molecular complexity index is 359. The number of nitrogens with zero attached hydrogens (tertiary/aromatic N) is 2. The van der Waals surface area contributed by atoms with E-state index < -0.39 is 0 Å². The Morgan fingerprint density at radius 1 is 1.50 bits per heavy atom. The molecule has 0 bridgehead atoms. The third-order valence-corrected chi connectivity index (χ3v) is 3.69. The van der Waals surface area contributed by atoms with E-state index >= 15 is 0 Å². The van der Waals surface area contributed by atoms with Crippen LogP contribution in [0, 0.1) is 5.92 Å². The van der Waals surface area contributed by atoms with Gasteiger partial charge in [0.15, 0.2) is 0 Å². The second kappa shape index (κ2) is 4.18. The second-order valence-electron chi connectivity index (χ2n) is 4.90. The number of hydrogen-bond acceptors (Lipinski definition) is 3. The smallest absolute Gasteiger partial charge is 0.0757 e. The summed E-state index contributed by atoms with van der Waals surface area (Å²) in [5.41, 5.74) is 1.24. The van der Waals surface area contributed by atoms with Crippen LogP contribution in [0.15, 0.2) is 12.3 Å².